The van der Waals surface area contributed by atoms with Crippen molar-refractivity contribution in [2.75, 3.05) is 6.54 Å². The van der Waals surface area contributed by atoms with Gasteiger partial charge in [0.15, 0.2) is 0 Å². The number of carbonyl (C=O) groups excluding carboxylic acids is 1. The van der Waals surface area contributed by atoms with Crippen molar-refractivity contribution in [1.82, 2.24) is 5.32 Å². The Morgan fingerprint density at radius 2 is 1.95 bits per heavy atom. The van der Waals surface area contributed by atoms with Gasteiger partial charge in [0.05, 0.1) is 6.42 Å². The van der Waals surface area contributed by atoms with E-state index in [9.17, 15) is 9.59 Å². The molecule has 1 saturated carbocycles. The van der Waals surface area contributed by atoms with Gasteiger partial charge >= 0.3 is 5.97 Å². The number of carbonyl (C=O) groups is 2. The fourth-order valence-electron chi connectivity index (χ4n) is 2.49. The minimum atomic E-state index is -0.805. The smallest absolute Gasteiger partial charge is 0.303 e. The third-order valence-corrected chi connectivity index (χ3v) is 4.13. The molecule has 4 nitrogen and oxygen atoms in total. The summed E-state index contributed by atoms with van der Waals surface area (Å²) in [5.74, 6) is -1.01. The van der Waals surface area contributed by atoms with Gasteiger partial charge in [0.1, 0.15) is 0 Å². The Balaban J connectivity index is 1.84. The second kappa shape index (κ2) is 6.76. The van der Waals surface area contributed by atoms with Gasteiger partial charge in [-0.1, -0.05) is 30.2 Å². The topological polar surface area (TPSA) is 66.4 Å². The molecule has 5 heteroatoms. The molecule has 0 radical (unpaired) electrons. The average molecular weight is 308 g/mol. The van der Waals surface area contributed by atoms with Gasteiger partial charge in [-0.2, -0.15) is 0 Å². The van der Waals surface area contributed by atoms with E-state index < -0.39 is 5.97 Å². The van der Waals surface area contributed by atoms with Crippen molar-refractivity contribution in [2.24, 2.45) is 5.41 Å². The van der Waals surface area contributed by atoms with E-state index in [0.29, 0.717) is 11.6 Å². The molecule has 0 aromatic heterocycles. The molecular formula is C16H18ClNO3. The summed E-state index contributed by atoms with van der Waals surface area (Å²) >= 11 is 5.79. The normalized spacial score (nSPS) is 16.4. The van der Waals surface area contributed by atoms with E-state index in [-0.39, 0.29) is 17.7 Å². The Morgan fingerprint density at radius 3 is 2.48 bits per heavy atom. The number of hydrogen-bond donors (Lipinski definition) is 2. The highest BCUT2D eigenvalue weighted by Crippen LogP contribution is 2.43. The molecule has 0 atom stereocenters. The SMILES string of the molecule is O=C(O)CC1(CNC(=O)/C=C/c2ccc(Cl)cc2)CCC1. The third kappa shape index (κ3) is 4.60. The highest BCUT2D eigenvalue weighted by Gasteiger charge is 2.38. The second-order valence-electron chi connectivity index (χ2n) is 5.53. The molecule has 2 N–H and O–H groups in total. The molecule has 0 heterocycles. The van der Waals surface area contributed by atoms with Gasteiger partial charge in [-0.25, -0.2) is 0 Å². The van der Waals surface area contributed by atoms with Crippen LogP contribution in [0, 0.1) is 5.41 Å². The number of carboxylic acid groups (broad SMARTS) is 1. The van der Waals surface area contributed by atoms with Gasteiger partial charge in [0.25, 0.3) is 0 Å². The van der Waals surface area contributed by atoms with Crippen molar-refractivity contribution >= 4 is 29.6 Å². The number of rotatable bonds is 6. The molecule has 0 aliphatic heterocycles. The van der Waals surface area contributed by atoms with Crippen molar-refractivity contribution in [1.29, 1.82) is 0 Å². The van der Waals surface area contributed by atoms with Gasteiger partial charge in [0.2, 0.25) is 5.91 Å². The Hall–Kier alpha value is -1.81. The second-order valence-corrected chi connectivity index (χ2v) is 5.96. The van der Waals surface area contributed by atoms with Crippen LogP contribution in [0.3, 0.4) is 0 Å². The number of aliphatic carboxylic acids is 1. The number of halogens is 1. The lowest BCUT2D eigenvalue weighted by Gasteiger charge is -2.40. The lowest BCUT2D eigenvalue weighted by molar-refractivity contribution is -0.141. The van der Waals surface area contributed by atoms with Crippen LogP contribution >= 0.6 is 11.6 Å². The highest BCUT2D eigenvalue weighted by atomic mass is 35.5. The van der Waals surface area contributed by atoms with Gasteiger partial charge in [-0.3, -0.25) is 9.59 Å². The fourth-order valence-corrected chi connectivity index (χ4v) is 2.62. The van der Waals surface area contributed by atoms with Gasteiger partial charge in [-0.05, 0) is 42.0 Å². The first-order valence-electron chi connectivity index (χ1n) is 6.92. The molecule has 1 aliphatic rings. The molecular weight excluding hydrogens is 290 g/mol. The predicted molar refractivity (Wildman–Crippen MR) is 82.0 cm³/mol. The summed E-state index contributed by atoms with van der Waals surface area (Å²) < 4.78 is 0. The Bertz CT molecular complexity index is 547. The number of hydrogen-bond acceptors (Lipinski definition) is 2. The molecule has 1 fully saturated rings. The molecule has 1 aliphatic carbocycles. The molecule has 1 amide bonds. The third-order valence-electron chi connectivity index (χ3n) is 3.88. The van der Waals surface area contributed by atoms with Crippen LogP contribution in [-0.4, -0.2) is 23.5 Å². The van der Waals surface area contributed by atoms with Crippen LogP contribution in [0.4, 0.5) is 0 Å². The van der Waals surface area contributed by atoms with Crippen LogP contribution in [0.15, 0.2) is 30.3 Å². The fraction of sp³-hybridized carbons (Fsp3) is 0.375. The summed E-state index contributed by atoms with van der Waals surface area (Å²) in [5, 5.41) is 12.4. The van der Waals surface area contributed by atoms with E-state index in [4.69, 9.17) is 16.7 Å². The molecule has 112 valence electrons. The minimum absolute atomic E-state index is 0.119. The Labute approximate surface area is 128 Å². The van der Waals surface area contributed by atoms with E-state index in [1.807, 2.05) is 12.1 Å². The zero-order chi connectivity index (χ0) is 15.3. The first kappa shape index (κ1) is 15.6. The largest absolute Gasteiger partial charge is 0.481 e. The summed E-state index contributed by atoms with van der Waals surface area (Å²) in [6.07, 6.45) is 6.03. The van der Waals surface area contributed by atoms with Crippen molar-refractivity contribution in [3.8, 4) is 0 Å². The van der Waals surface area contributed by atoms with Crippen molar-refractivity contribution in [2.45, 2.75) is 25.7 Å². The molecule has 0 saturated heterocycles. The zero-order valence-electron chi connectivity index (χ0n) is 11.6. The maximum absolute atomic E-state index is 11.8. The van der Waals surface area contributed by atoms with E-state index >= 15 is 0 Å². The Morgan fingerprint density at radius 1 is 1.29 bits per heavy atom. The monoisotopic (exact) mass is 307 g/mol. The summed E-state index contributed by atoms with van der Waals surface area (Å²) in [6, 6.07) is 7.17. The maximum Gasteiger partial charge on any atom is 0.303 e. The predicted octanol–water partition coefficient (Wildman–Crippen LogP) is 3.11. The number of nitrogens with one attached hydrogen (secondary N) is 1. The lowest BCUT2D eigenvalue weighted by Crippen LogP contribution is -2.43. The summed E-state index contributed by atoms with van der Waals surface area (Å²) in [5.41, 5.74) is 0.633. The van der Waals surface area contributed by atoms with E-state index in [1.54, 1.807) is 18.2 Å². The van der Waals surface area contributed by atoms with E-state index in [1.165, 1.54) is 6.08 Å². The van der Waals surface area contributed by atoms with Gasteiger partial charge < -0.3 is 10.4 Å². The van der Waals surface area contributed by atoms with Crippen molar-refractivity contribution in [3.05, 3.63) is 40.9 Å². The van der Waals surface area contributed by atoms with Crippen LogP contribution in [0.5, 0.6) is 0 Å². The number of amides is 1. The first-order valence-corrected chi connectivity index (χ1v) is 7.30. The minimum Gasteiger partial charge on any atom is -0.481 e. The molecule has 0 unspecified atom stereocenters. The standard InChI is InChI=1S/C16H18ClNO3/c17-13-5-2-12(3-6-13)4-7-14(19)18-11-16(8-1-9-16)10-15(20)21/h2-7H,1,8-11H2,(H,18,19)(H,20,21)/b7-4+. The van der Waals surface area contributed by atoms with Crippen molar-refractivity contribution in [3.63, 3.8) is 0 Å². The van der Waals surface area contributed by atoms with Crippen LogP contribution in [0.25, 0.3) is 6.08 Å². The molecule has 2 rings (SSSR count). The van der Waals surface area contributed by atoms with Crippen LogP contribution < -0.4 is 5.32 Å². The van der Waals surface area contributed by atoms with Crippen molar-refractivity contribution < 1.29 is 14.7 Å². The molecule has 21 heavy (non-hydrogen) atoms. The molecule has 1 aromatic rings. The Kier molecular flexibility index (Phi) is 5.02. The average Bonchev–Trinajstić information content (AvgIpc) is 2.40. The summed E-state index contributed by atoms with van der Waals surface area (Å²) in [7, 11) is 0. The highest BCUT2D eigenvalue weighted by molar-refractivity contribution is 6.30. The maximum atomic E-state index is 11.8. The van der Waals surface area contributed by atoms with Gasteiger partial charge in [0, 0.05) is 17.6 Å². The quantitative estimate of drug-likeness (QED) is 0.794. The van der Waals surface area contributed by atoms with E-state index in [2.05, 4.69) is 5.32 Å². The summed E-state index contributed by atoms with van der Waals surface area (Å²) in [4.78, 5) is 22.6. The zero-order valence-corrected chi connectivity index (χ0v) is 12.4. The molecule has 1 aromatic carbocycles. The first-order chi connectivity index (χ1) is 9.99. The number of benzene rings is 1. The van der Waals surface area contributed by atoms with Crippen LogP contribution in [0.2, 0.25) is 5.02 Å². The lowest BCUT2D eigenvalue weighted by atomic mass is 9.66. The molecule has 0 spiro atoms. The van der Waals surface area contributed by atoms with Crippen LogP contribution in [0.1, 0.15) is 31.2 Å². The van der Waals surface area contributed by atoms with Gasteiger partial charge in [-0.15, -0.1) is 0 Å². The van der Waals surface area contributed by atoms with Crippen LogP contribution in [-0.2, 0) is 9.59 Å². The molecule has 0 bridgehead atoms. The van der Waals surface area contributed by atoms with E-state index in [0.717, 1.165) is 24.8 Å². The summed E-state index contributed by atoms with van der Waals surface area (Å²) in [6.45, 7) is 0.420. The number of carboxylic acids is 1.